The quantitative estimate of drug-likeness (QED) is 0.798. The first kappa shape index (κ1) is 15.3. The maximum atomic E-state index is 11.8. The Balaban J connectivity index is 2.08. The van der Waals surface area contributed by atoms with Gasteiger partial charge in [-0.25, -0.2) is 4.98 Å². The molecule has 1 N–H and O–H groups in total. The van der Waals surface area contributed by atoms with Gasteiger partial charge < -0.3 is 9.88 Å². The van der Waals surface area contributed by atoms with Gasteiger partial charge in [0.05, 0.1) is 12.4 Å². The predicted octanol–water partition coefficient (Wildman–Crippen LogP) is 3.21. The Morgan fingerprint density at radius 3 is 2.81 bits per heavy atom. The highest BCUT2D eigenvalue weighted by Gasteiger charge is 2.14. The van der Waals surface area contributed by atoms with E-state index >= 15 is 0 Å². The van der Waals surface area contributed by atoms with E-state index in [1.165, 1.54) is 0 Å². The highest BCUT2D eigenvalue weighted by Crippen LogP contribution is 2.20. The van der Waals surface area contributed by atoms with Gasteiger partial charge in [-0.2, -0.15) is 0 Å². The van der Waals surface area contributed by atoms with Crippen LogP contribution in [0, 0.1) is 0 Å². The van der Waals surface area contributed by atoms with E-state index in [4.69, 9.17) is 11.6 Å². The van der Waals surface area contributed by atoms with Crippen molar-refractivity contribution < 1.29 is 4.79 Å². The molecule has 1 aromatic carbocycles. The van der Waals surface area contributed by atoms with Crippen molar-refractivity contribution in [3.63, 3.8) is 0 Å². The molecule has 0 fully saturated rings. The SMILES string of the molecule is C=CCCC(=O)NC[C@@H](c1ccc(Cl)cc1)n1ccnc1. The van der Waals surface area contributed by atoms with E-state index < -0.39 is 0 Å². The minimum Gasteiger partial charge on any atom is -0.354 e. The van der Waals surface area contributed by atoms with Gasteiger partial charge in [0.25, 0.3) is 0 Å². The molecule has 1 aromatic heterocycles. The van der Waals surface area contributed by atoms with E-state index in [0.29, 0.717) is 24.4 Å². The smallest absolute Gasteiger partial charge is 0.220 e. The van der Waals surface area contributed by atoms with Crippen LogP contribution in [-0.2, 0) is 4.79 Å². The standard InChI is InChI=1S/C16H18ClN3O/c1-2-3-4-16(21)19-11-15(20-10-9-18-12-20)13-5-7-14(17)8-6-13/h2,5-10,12,15H,1,3-4,11H2,(H,19,21)/t15-/m0/s1. The molecular weight excluding hydrogens is 286 g/mol. The van der Waals surface area contributed by atoms with Gasteiger partial charge in [-0.05, 0) is 24.1 Å². The molecule has 2 aromatic rings. The lowest BCUT2D eigenvalue weighted by Crippen LogP contribution is -2.30. The van der Waals surface area contributed by atoms with Gasteiger partial charge in [0.2, 0.25) is 5.91 Å². The molecular formula is C16H18ClN3O. The summed E-state index contributed by atoms with van der Waals surface area (Å²) in [6.07, 6.45) is 8.24. The first-order valence-corrected chi connectivity index (χ1v) is 7.19. The summed E-state index contributed by atoms with van der Waals surface area (Å²) in [5, 5.41) is 3.64. The van der Waals surface area contributed by atoms with Gasteiger partial charge in [0.1, 0.15) is 0 Å². The van der Waals surface area contributed by atoms with Crippen LogP contribution in [0.15, 0.2) is 55.6 Å². The van der Waals surface area contributed by atoms with Gasteiger partial charge in [0, 0.05) is 30.4 Å². The zero-order valence-corrected chi connectivity index (χ0v) is 12.5. The number of benzene rings is 1. The Hall–Kier alpha value is -2.07. The highest BCUT2D eigenvalue weighted by molar-refractivity contribution is 6.30. The van der Waals surface area contributed by atoms with Crippen LogP contribution in [0.2, 0.25) is 5.02 Å². The van der Waals surface area contributed by atoms with E-state index in [1.807, 2.05) is 35.0 Å². The summed E-state index contributed by atoms with van der Waals surface area (Å²) in [4.78, 5) is 15.8. The average Bonchev–Trinajstić information content (AvgIpc) is 3.01. The van der Waals surface area contributed by atoms with E-state index in [9.17, 15) is 4.79 Å². The Kier molecular flexibility index (Phi) is 5.58. The molecule has 1 heterocycles. The van der Waals surface area contributed by atoms with E-state index in [1.54, 1.807) is 18.6 Å². The lowest BCUT2D eigenvalue weighted by molar-refractivity contribution is -0.121. The van der Waals surface area contributed by atoms with Crippen LogP contribution in [0.3, 0.4) is 0 Å². The second kappa shape index (κ2) is 7.64. The van der Waals surface area contributed by atoms with Crippen LogP contribution in [0.25, 0.3) is 0 Å². The maximum absolute atomic E-state index is 11.8. The van der Waals surface area contributed by atoms with Crippen molar-refractivity contribution in [2.45, 2.75) is 18.9 Å². The number of amides is 1. The Morgan fingerprint density at radius 2 is 2.19 bits per heavy atom. The summed E-state index contributed by atoms with van der Waals surface area (Å²) in [5.41, 5.74) is 1.07. The number of nitrogens with one attached hydrogen (secondary N) is 1. The number of hydrogen-bond acceptors (Lipinski definition) is 2. The number of carbonyl (C=O) groups is 1. The molecule has 0 bridgehead atoms. The van der Waals surface area contributed by atoms with Crippen molar-refractivity contribution in [3.8, 4) is 0 Å². The molecule has 0 saturated carbocycles. The fourth-order valence-electron chi connectivity index (χ4n) is 2.07. The van der Waals surface area contributed by atoms with Gasteiger partial charge in [-0.1, -0.05) is 29.8 Å². The maximum Gasteiger partial charge on any atom is 0.220 e. The summed E-state index contributed by atoms with van der Waals surface area (Å²) >= 11 is 5.93. The van der Waals surface area contributed by atoms with Crippen molar-refractivity contribution in [1.29, 1.82) is 0 Å². The molecule has 0 saturated heterocycles. The van der Waals surface area contributed by atoms with E-state index in [0.717, 1.165) is 5.56 Å². The second-order valence-corrected chi connectivity index (χ2v) is 5.15. The monoisotopic (exact) mass is 303 g/mol. The van der Waals surface area contributed by atoms with Crippen LogP contribution in [0.5, 0.6) is 0 Å². The van der Waals surface area contributed by atoms with E-state index in [-0.39, 0.29) is 11.9 Å². The Labute approximate surface area is 129 Å². The number of rotatable bonds is 7. The summed E-state index contributed by atoms with van der Waals surface area (Å²) in [6.45, 7) is 4.13. The molecule has 0 aliphatic heterocycles. The fourth-order valence-corrected chi connectivity index (χ4v) is 2.19. The molecule has 1 amide bonds. The molecule has 0 aliphatic rings. The topological polar surface area (TPSA) is 46.9 Å². The number of allylic oxidation sites excluding steroid dienone is 1. The molecule has 5 heteroatoms. The third kappa shape index (κ3) is 4.46. The van der Waals surface area contributed by atoms with Crippen molar-refractivity contribution >= 4 is 17.5 Å². The van der Waals surface area contributed by atoms with Crippen molar-refractivity contribution in [3.05, 3.63) is 66.2 Å². The van der Waals surface area contributed by atoms with Crippen molar-refractivity contribution in [2.24, 2.45) is 0 Å². The molecule has 0 unspecified atom stereocenters. The number of imidazole rings is 1. The zero-order valence-electron chi connectivity index (χ0n) is 11.7. The summed E-state index contributed by atoms with van der Waals surface area (Å²) in [5.74, 6) is 0.0222. The fraction of sp³-hybridized carbons (Fsp3) is 0.250. The van der Waals surface area contributed by atoms with Crippen molar-refractivity contribution in [1.82, 2.24) is 14.9 Å². The summed E-state index contributed by atoms with van der Waals surface area (Å²) in [7, 11) is 0. The molecule has 0 radical (unpaired) electrons. The molecule has 0 aliphatic carbocycles. The van der Waals surface area contributed by atoms with Gasteiger partial charge >= 0.3 is 0 Å². The van der Waals surface area contributed by atoms with Crippen molar-refractivity contribution in [2.75, 3.05) is 6.54 Å². The summed E-state index contributed by atoms with van der Waals surface area (Å²) < 4.78 is 1.97. The van der Waals surface area contributed by atoms with Crippen LogP contribution >= 0.6 is 11.6 Å². The van der Waals surface area contributed by atoms with E-state index in [2.05, 4.69) is 16.9 Å². The minimum atomic E-state index is -0.00236. The molecule has 21 heavy (non-hydrogen) atoms. The molecule has 2 rings (SSSR count). The zero-order chi connectivity index (χ0) is 15.1. The Morgan fingerprint density at radius 1 is 1.43 bits per heavy atom. The van der Waals surface area contributed by atoms with Gasteiger partial charge in [-0.3, -0.25) is 4.79 Å². The first-order valence-electron chi connectivity index (χ1n) is 6.81. The largest absolute Gasteiger partial charge is 0.354 e. The number of halogens is 1. The molecule has 1 atom stereocenters. The van der Waals surface area contributed by atoms with Gasteiger partial charge in [0.15, 0.2) is 0 Å². The molecule has 4 nitrogen and oxygen atoms in total. The Bertz CT molecular complexity index is 578. The lowest BCUT2D eigenvalue weighted by Gasteiger charge is -2.19. The predicted molar refractivity (Wildman–Crippen MR) is 84.3 cm³/mol. The third-order valence-corrected chi connectivity index (χ3v) is 3.46. The van der Waals surface area contributed by atoms with Crippen LogP contribution in [0.4, 0.5) is 0 Å². The third-order valence-electron chi connectivity index (χ3n) is 3.21. The van der Waals surface area contributed by atoms with Crippen LogP contribution in [-0.4, -0.2) is 22.0 Å². The number of carbonyl (C=O) groups excluding carboxylic acids is 1. The number of nitrogens with zero attached hydrogens (tertiary/aromatic N) is 2. The molecule has 110 valence electrons. The normalized spacial score (nSPS) is 11.9. The second-order valence-electron chi connectivity index (χ2n) is 4.71. The minimum absolute atomic E-state index is 0.00236. The lowest BCUT2D eigenvalue weighted by atomic mass is 10.1. The molecule has 0 spiro atoms. The number of hydrogen-bond donors (Lipinski definition) is 1. The van der Waals surface area contributed by atoms with Gasteiger partial charge in [-0.15, -0.1) is 6.58 Å². The summed E-state index contributed by atoms with van der Waals surface area (Å²) in [6, 6.07) is 7.62. The number of aromatic nitrogens is 2. The highest BCUT2D eigenvalue weighted by atomic mass is 35.5. The van der Waals surface area contributed by atoms with Crippen LogP contribution < -0.4 is 5.32 Å². The first-order chi connectivity index (χ1) is 10.2. The van der Waals surface area contributed by atoms with Crippen LogP contribution in [0.1, 0.15) is 24.4 Å². The average molecular weight is 304 g/mol.